The van der Waals surface area contributed by atoms with Crippen LogP contribution in [-0.2, 0) is 0 Å². The number of benzene rings is 1. The molecule has 144 valence electrons. The lowest BCUT2D eigenvalue weighted by Crippen LogP contribution is -2.34. The lowest BCUT2D eigenvalue weighted by molar-refractivity contribution is 0.0911. The molecule has 2 N–H and O–H groups in total. The molecule has 0 aliphatic carbocycles. The van der Waals surface area contributed by atoms with Crippen molar-refractivity contribution in [2.75, 3.05) is 13.1 Å². The van der Waals surface area contributed by atoms with Crippen LogP contribution in [0.5, 0.6) is 0 Å². The molecule has 0 aliphatic rings. The highest BCUT2D eigenvalue weighted by atomic mass is 16.3. The van der Waals surface area contributed by atoms with Crippen molar-refractivity contribution >= 4 is 22.7 Å². The molecular formula is C22H18N4O3. The number of carbonyl (C=O) groups is 2. The van der Waals surface area contributed by atoms with Crippen molar-refractivity contribution in [1.82, 2.24) is 20.6 Å². The number of hydrogen-bond acceptors (Lipinski definition) is 5. The molecule has 0 saturated heterocycles. The zero-order chi connectivity index (χ0) is 20.1. The van der Waals surface area contributed by atoms with Crippen LogP contribution in [0.3, 0.4) is 0 Å². The number of furan rings is 1. The summed E-state index contributed by atoms with van der Waals surface area (Å²) in [6.07, 6.45) is 4.84. The number of rotatable bonds is 6. The molecule has 4 rings (SSSR count). The van der Waals surface area contributed by atoms with Crippen molar-refractivity contribution in [3.63, 3.8) is 0 Å². The minimum Gasteiger partial charge on any atom is -0.459 e. The second-order valence-electron chi connectivity index (χ2n) is 6.30. The smallest absolute Gasteiger partial charge is 0.287 e. The molecule has 7 nitrogen and oxygen atoms in total. The van der Waals surface area contributed by atoms with Crippen LogP contribution >= 0.6 is 0 Å². The summed E-state index contributed by atoms with van der Waals surface area (Å²) in [6, 6.07) is 16.2. The minimum absolute atomic E-state index is 0.234. The van der Waals surface area contributed by atoms with Crippen LogP contribution in [0.4, 0.5) is 0 Å². The molecule has 4 aromatic rings. The number of amides is 2. The van der Waals surface area contributed by atoms with Gasteiger partial charge in [0.05, 0.1) is 23.0 Å². The maximum Gasteiger partial charge on any atom is 0.287 e. The zero-order valence-corrected chi connectivity index (χ0v) is 15.5. The Kier molecular flexibility index (Phi) is 5.29. The minimum atomic E-state index is -0.322. The van der Waals surface area contributed by atoms with Gasteiger partial charge in [-0.3, -0.25) is 14.6 Å². The Bertz CT molecular complexity index is 1140. The van der Waals surface area contributed by atoms with E-state index in [1.54, 1.807) is 30.6 Å². The number of nitrogens with one attached hydrogen (secondary N) is 2. The lowest BCUT2D eigenvalue weighted by Gasteiger charge is -2.11. The highest BCUT2D eigenvalue weighted by Gasteiger charge is 2.14. The van der Waals surface area contributed by atoms with Crippen LogP contribution in [0.1, 0.15) is 20.9 Å². The molecule has 0 atom stereocenters. The molecule has 3 aromatic heterocycles. The quantitative estimate of drug-likeness (QED) is 0.497. The predicted molar refractivity (Wildman–Crippen MR) is 108 cm³/mol. The summed E-state index contributed by atoms with van der Waals surface area (Å²) in [7, 11) is 0. The van der Waals surface area contributed by atoms with E-state index in [2.05, 4.69) is 20.6 Å². The van der Waals surface area contributed by atoms with Gasteiger partial charge in [0, 0.05) is 36.4 Å². The Morgan fingerprint density at radius 1 is 0.931 bits per heavy atom. The third kappa shape index (κ3) is 4.14. The summed E-state index contributed by atoms with van der Waals surface area (Å²) in [4.78, 5) is 33.5. The van der Waals surface area contributed by atoms with Gasteiger partial charge in [0.25, 0.3) is 11.8 Å². The third-order valence-electron chi connectivity index (χ3n) is 4.36. The fourth-order valence-corrected chi connectivity index (χ4v) is 2.97. The maximum absolute atomic E-state index is 12.8. The summed E-state index contributed by atoms with van der Waals surface area (Å²) < 4.78 is 5.03. The Hall–Kier alpha value is -4.00. The van der Waals surface area contributed by atoms with Gasteiger partial charge in [0.15, 0.2) is 5.76 Å². The first-order valence-electron chi connectivity index (χ1n) is 9.12. The number of nitrogens with zero attached hydrogens (tertiary/aromatic N) is 2. The van der Waals surface area contributed by atoms with Crippen molar-refractivity contribution in [1.29, 1.82) is 0 Å². The van der Waals surface area contributed by atoms with Crippen LogP contribution in [0.15, 0.2) is 77.7 Å². The van der Waals surface area contributed by atoms with E-state index in [4.69, 9.17) is 4.42 Å². The van der Waals surface area contributed by atoms with E-state index in [0.717, 1.165) is 16.5 Å². The van der Waals surface area contributed by atoms with Gasteiger partial charge in [-0.2, -0.15) is 0 Å². The Morgan fingerprint density at radius 3 is 2.52 bits per heavy atom. The Morgan fingerprint density at radius 2 is 1.76 bits per heavy atom. The van der Waals surface area contributed by atoms with Crippen LogP contribution in [0.2, 0.25) is 0 Å². The van der Waals surface area contributed by atoms with Crippen LogP contribution < -0.4 is 10.6 Å². The number of aromatic nitrogens is 2. The van der Waals surface area contributed by atoms with Gasteiger partial charge in [-0.25, -0.2) is 4.98 Å². The monoisotopic (exact) mass is 386 g/mol. The molecule has 0 saturated carbocycles. The highest BCUT2D eigenvalue weighted by molar-refractivity contribution is 6.07. The van der Waals surface area contributed by atoms with E-state index in [9.17, 15) is 9.59 Å². The summed E-state index contributed by atoms with van der Waals surface area (Å²) in [6.45, 7) is 0.563. The van der Waals surface area contributed by atoms with Gasteiger partial charge >= 0.3 is 0 Å². The predicted octanol–water partition coefficient (Wildman–Crippen LogP) is 3.05. The first-order chi connectivity index (χ1) is 14.2. The molecular weight excluding hydrogens is 368 g/mol. The van der Waals surface area contributed by atoms with Crippen molar-refractivity contribution < 1.29 is 14.0 Å². The Labute approximate surface area is 166 Å². The fraction of sp³-hybridized carbons (Fsp3) is 0.0909. The normalized spacial score (nSPS) is 10.6. The van der Waals surface area contributed by atoms with E-state index in [0.29, 0.717) is 11.3 Å². The molecule has 0 bridgehead atoms. The Balaban J connectivity index is 1.50. The molecule has 0 fully saturated rings. The number of fused-ring (bicyclic) bond motifs is 1. The SMILES string of the molecule is O=C(NCCNC(=O)c1cc(-c2cccnc2)nc2ccccc12)c1ccco1. The van der Waals surface area contributed by atoms with Gasteiger partial charge in [-0.1, -0.05) is 18.2 Å². The molecule has 3 heterocycles. The van der Waals surface area contributed by atoms with E-state index in [1.807, 2.05) is 36.4 Å². The first-order valence-corrected chi connectivity index (χ1v) is 9.12. The molecule has 7 heteroatoms. The lowest BCUT2D eigenvalue weighted by atomic mass is 10.0. The van der Waals surface area contributed by atoms with Crippen LogP contribution in [0.25, 0.3) is 22.2 Å². The first kappa shape index (κ1) is 18.4. The van der Waals surface area contributed by atoms with E-state index in [1.165, 1.54) is 6.26 Å². The van der Waals surface area contributed by atoms with Crippen LogP contribution in [-0.4, -0.2) is 34.9 Å². The molecule has 0 aliphatic heterocycles. The fourth-order valence-electron chi connectivity index (χ4n) is 2.97. The zero-order valence-electron chi connectivity index (χ0n) is 15.5. The average Bonchev–Trinajstić information content (AvgIpc) is 3.31. The van der Waals surface area contributed by atoms with E-state index < -0.39 is 0 Å². The molecule has 29 heavy (non-hydrogen) atoms. The van der Waals surface area contributed by atoms with Crippen molar-refractivity contribution in [2.45, 2.75) is 0 Å². The standard InChI is InChI=1S/C22H18N4O3/c27-21(24-10-11-25-22(28)20-8-4-12-29-20)17-13-19(15-5-3-9-23-14-15)26-18-7-2-1-6-16(17)18/h1-9,12-14H,10-11H2,(H,24,27)(H,25,28). The summed E-state index contributed by atoms with van der Waals surface area (Å²) in [5, 5.41) is 6.30. The highest BCUT2D eigenvalue weighted by Crippen LogP contribution is 2.24. The number of pyridine rings is 2. The average molecular weight is 386 g/mol. The summed E-state index contributed by atoms with van der Waals surface area (Å²) >= 11 is 0. The summed E-state index contributed by atoms with van der Waals surface area (Å²) in [5.41, 5.74) is 2.75. The largest absolute Gasteiger partial charge is 0.459 e. The second kappa shape index (κ2) is 8.35. The van der Waals surface area contributed by atoms with Crippen LogP contribution in [0, 0.1) is 0 Å². The second-order valence-corrected chi connectivity index (χ2v) is 6.30. The number of hydrogen-bond donors (Lipinski definition) is 2. The topological polar surface area (TPSA) is 97.1 Å². The molecule has 0 radical (unpaired) electrons. The maximum atomic E-state index is 12.8. The van der Waals surface area contributed by atoms with Gasteiger partial charge in [0.2, 0.25) is 0 Å². The molecule has 1 aromatic carbocycles. The number of carbonyl (C=O) groups excluding carboxylic acids is 2. The van der Waals surface area contributed by atoms with Gasteiger partial charge in [-0.05, 0) is 36.4 Å². The van der Waals surface area contributed by atoms with Gasteiger partial charge in [-0.15, -0.1) is 0 Å². The van der Waals surface area contributed by atoms with Gasteiger partial charge in [0.1, 0.15) is 0 Å². The van der Waals surface area contributed by atoms with Crippen molar-refractivity contribution in [3.8, 4) is 11.3 Å². The summed E-state index contributed by atoms with van der Waals surface area (Å²) in [5.74, 6) is -0.323. The third-order valence-corrected chi connectivity index (χ3v) is 4.36. The van der Waals surface area contributed by atoms with E-state index in [-0.39, 0.29) is 30.7 Å². The van der Waals surface area contributed by atoms with E-state index >= 15 is 0 Å². The molecule has 0 unspecified atom stereocenters. The molecule has 0 spiro atoms. The van der Waals surface area contributed by atoms with Crippen molar-refractivity contribution in [2.24, 2.45) is 0 Å². The van der Waals surface area contributed by atoms with Crippen molar-refractivity contribution in [3.05, 3.63) is 84.6 Å². The number of para-hydroxylation sites is 1. The molecule has 2 amide bonds. The van der Waals surface area contributed by atoms with Gasteiger partial charge < -0.3 is 15.1 Å².